The molecule has 0 aromatic heterocycles. The number of aliphatic hydroxyl groups is 2. The topological polar surface area (TPSA) is 76.0 Å². The summed E-state index contributed by atoms with van der Waals surface area (Å²) in [5, 5.41) is 22.5. The maximum atomic E-state index is 12.8. The first-order valence-corrected chi connectivity index (χ1v) is 13.1. The Kier molecular flexibility index (Phi) is 6.91. The minimum atomic E-state index is -1.52. The maximum Gasteiger partial charge on any atom is 0.231 e. The van der Waals surface area contributed by atoms with Crippen LogP contribution < -0.4 is 0 Å². The maximum absolute atomic E-state index is 12.8. The van der Waals surface area contributed by atoms with Crippen molar-refractivity contribution in [2.75, 3.05) is 0 Å². The van der Waals surface area contributed by atoms with Gasteiger partial charge in [0.15, 0.2) is 5.76 Å². The zero-order chi connectivity index (χ0) is 24.9. The Bertz CT molecular complexity index is 956. The van der Waals surface area contributed by atoms with E-state index in [9.17, 15) is 15.0 Å². The molecule has 0 saturated carbocycles. The molecular formula is C29H42O5. The molecule has 4 aliphatic rings. The number of rotatable bonds is 0. The van der Waals surface area contributed by atoms with Gasteiger partial charge in [-0.15, -0.1) is 0 Å². The van der Waals surface area contributed by atoms with Crippen molar-refractivity contribution in [2.45, 2.75) is 92.1 Å². The van der Waals surface area contributed by atoms with Crippen molar-refractivity contribution in [3.8, 4) is 0 Å². The number of ether oxygens (including phenoxy) is 2. The van der Waals surface area contributed by atoms with Crippen molar-refractivity contribution in [1.29, 1.82) is 0 Å². The zero-order valence-electron chi connectivity index (χ0n) is 21.8. The van der Waals surface area contributed by atoms with Crippen molar-refractivity contribution in [3.63, 3.8) is 0 Å². The lowest BCUT2D eigenvalue weighted by atomic mass is 9.71. The van der Waals surface area contributed by atoms with Gasteiger partial charge in [0, 0.05) is 23.1 Å². The Labute approximate surface area is 204 Å². The molecule has 4 bridgehead atoms. The van der Waals surface area contributed by atoms with Gasteiger partial charge in [0.1, 0.15) is 5.76 Å². The van der Waals surface area contributed by atoms with Crippen LogP contribution in [0.25, 0.3) is 0 Å². The summed E-state index contributed by atoms with van der Waals surface area (Å²) in [6, 6.07) is 0. The largest absolute Gasteiger partial charge is 0.504 e. The molecule has 3 aliphatic heterocycles. The van der Waals surface area contributed by atoms with Crippen LogP contribution >= 0.6 is 0 Å². The van der Waals surface area contributed by atoms with E-state index in [0.29, 0.717) is 40.6 Å². The predicted octanol–water partition coefficient (Wildman–Crippen LogP) is 6.01. The van der Waals surface area contributed by atoms with Crippen molar-refractivity contribution in [1.82, 2.24) is 0 Å². The van der Waals surface area contributed by atoms with Gasteiger partial charge in [-0.3, -0.25) is 4.79 Å². The fourth-order valence-corrected chi connectivity index (χ4v) is 6.50. The monoisotopic (exact) mass is 470 g/mol. The van der Waals surface area contributed by atoms with E-state index in [4.69, 9.17) is 9.47 Å². The number of aliphatic hydroxyl groups excluding tert-OH is 1. The van der Waals surface area contributed by atoms with E-state index in [0.717, 1.165) is 25.7 Å². The highest BCUT2D eigenvalue weighted by Crippen LogP contribution is 2.48. The van der Waals surface area contributed by atoms with Crippen molar-refractivity contribution < 1.29 is 24.5 Å². The Hall–Kier alpha value is -1.85. The normalized spacial score (nSPS) is 45.2. The Morgan fingerprint density at radius 1 is 1.03 bits per heavy atom. The lowest BCUT2D eigenvalue weighted by molar-refractivity contribution is -0.163. The van der Waals surface area contributed by atoms with Gasteiger partial charge in [0.2, 0.25) is 11.6 Å². The fourth-order valence-electron chi connectivity index (χ4n) is 6.50. The van der Waals surface area contributed by atoms with Crippen LogP contribution in [0.4, 0.5) is 0 Å². The van der Waals surface area contributed by atoms with Crippen LogP contribution in [0, 0.1) is 35.5 Å². The standard InChI is InChI=1S/C29H42O5/c1-15-8-9-24-20(6)19(5)21(7)28(33-24)26-22-14-29(32,34-25(22)13-23(30)27(26)31)18(4)12-17(3)11-16(2)10-15/h10,13-15,17-21,24,28,31-32H,8-9,11-12H2,1-7H3/b16-10-/t15-,17+,18-,19-,20+,21+,24+,28+,29+/m0/s1. The summed E-state index contributed by atoms with van der Waals surface area (Å²) >= 11 is 0. The zero-order valence-corrected chi connectivity index (χ0v) is 21.8. The van der Waals surface area contributed by atoms with Crippen LogP contribution in [0.3, 0.4) is 0 Å². The Morgan fingerprint density at radius 2 is 1.74 bits per heavy atom. The van der Waals surface area contributed by atoms with E-state index < -0.39 is 17.7 Å². The molecule has 2 N–H and O–H groups in total. The summed E-state index contributed by atoms with van der Waals surface area (Å²) in [6.45, 7) is 15.3. The van der Waals surface area contributed by atoms with Crippen LogP contribution in [-0.2, 0) is 14.3 Å². The fraction of sp³-hybridized carbons (Fsp3) is 0.690. The molecular weight excluding hydrogens is 428 g/mol. The molecule has 3 heterocycles. The molecule has 1 saturated heterocycles. The third kappa shape index (κ3) is 4.54. The number of hydrogen-bond donors (Lipinski definition) is 2. The third-order valence-corrected chi connectivity index (χ3v) is 8.87. The van der Waals surface area contributed by atoms with Gasteiger partial charge >= 0.3 is 0 Å². The van der Waals surface area contributed by atoms with Crippen molar-refractivity contribution in [2.24, 2.45) is 35.5 Å². The first kappa shape index (κ1) is 25.2. The van der Waals surface area contributed by atoms with Gasteiger partial charge < -0.3 is 19.7 Å². The lowest BCUT2D eigenvalue weighted by Crippen LogP contribution is -2.46. The van der Waals surface area contributed by atoms with Crippen molar-refractivity contribution in [3.05, 3.63) is 46.5 Å². The number of hydrogen-bond acceptors (Lipinski definition) is 5. The highest BCUT2D eigenvalue weighted by Gasteiger charge is 2.49. The summed E-state index contributed by atoms with van der Waals surface area (Å²) in [6.07, 6.45) is 8.70. The summed E-state index contributed by atoms with van der Waals surface area (Å²) in [4.78, 5) is 12.8. The molecule has 4 rings (SSSR count). The molecule has 34 heavy (non-hydrogen) atoms. The van der Waals surface area contributed by atoms with E-state index in [1.165, 1.54) is 11.6 Å². The quantitative estimate of drug-likeness (QED) is 0.424. The van der Waals surface area contributed by atoms with Crippen LogP contribution in [-0.4, -0.2) is 34.0 Å². The molecule has 5 nitrogen and oxygen atoms in total. The highest BCUT2D eigenvalue weighted by molar-refractivity contribution is 6.06. The summed E-state index contributed by atoms with van der Waals surface area (Å²) in [5.41, 5.74) is 2.46. The second-order valence-electron chi connectivity index (χ2n) is 11.7. The predicted molar refractivity (Wildman–Crippen MR) is 133 cm³/mol. The number of ketones is 1. The number of carbonyl (C=O) groups is 1. The van der Waals surface area contributed by atoms with E-state index in [-0.39, 0.29) is 23.7 Å². The van der Waals surface area contributed by atoms with E-state index in [2.05, 4.69) is 47.6 Å². The molecule has 1 aliphatic carbocycles. The van der Waals surface area contributed by atoms with Crippen LogP contribution in [0.1, 0.15) is 74.1 Å². The molecule has 0 aromatic carbocycles. The molecule has 0 amide bonds. The number of fused-ring (bicyclic) bond motifs is 4. The Balaban J connectivity index is 1.80. The minimum Gasteiger partial charge on any atom is -0.504 e. The average molecular weight is 471 g/mol. The van der Waals surface area contributed by atoms with Crippen LogP contribution in [0.5, 0.6) is 0 Å². The molecule has 0 aromatic rings. The average Bonchev–Trinajstić information content (AvgIpc) is 3.09. The second kappa shape index (κ2) is 9.31. The van der Waals surface area contributed by atoms with Gasteiger partial charge in [-0.25, -0.2) is 0 Å². The van der Waals surface area contributed by atoms with E-state index in [1.807, 2.05) is 6.92 Å². The van der Waals surface area contributed by atoms with Gasteiger partial charge in [0.25, 0.3) is 0 Å². The second-order valence-corrected chi connectivity index (χ2v) is 11.7. The van der Waals surface area contributed by atoms with Crippen LogP contribution in [0.15, 0.2) is 46.5 Å². The third-order valence-electron chi connectivity index (χ3n) is 8.87. The smallest absolute Gasteiger partial charge is 0.231 e. The summed E-state index contributed by atoms with van der Waals surface area (Å²) < 4.78 is 12.7. The molecule has 0 unspecified atom stereocenters. The molecule has 1 fully saturated rings. The van der Waals surface area contributed by atoms with Crippen molar-refractivity contribution >= 4 is 5.78 Å². The SMILES string of the molecule is C/C1=C/[C@@H](C)CC[C@H]2O[C@@H](C3=C(O)C(=O)C=C4O[C@](O)(C=C43)[C@@H](C)C[C@H](C)C1)[C@H](C)[C@@H](C)[C@H]2C. The first-order chi connectivity index (χ1) is 15.9. The number of allylic oxidation sites excluding steroid dienone is 4. The van der Waals surface area contributed by atoms with E-state index in [1.54, 1.807) is 6.08 Å². The minimum absolute atomic E-state index is 0.0321. The summed E-state index contributed by atoms with van der Waals surface area (Å²) in [7, 11) is 0. The first-order valence-electron chi connectivity index (χ1n) is 13.1. The Morgan fingerprint density at radius 3 is 2.44 bits per heavy atom. The molecule has 0 radical (unpaired) electrons. The lowest BCUT2D eigenvalue weighted by Gasteiger charge is -2.45. The van der Waals surface area contributed by atoms with Crippen LogP contribution in [0.2, 0.25) is 0 Å². The summed E-state index contributed by atoms with van der Waals surface area (Å²) in [5.74, 6) is -0.501. The molecule has 9 atom stereocenters. The molecule has 188 valence electrons. The highest BCUT2D eigenvalue weighted by atomic mass is 16.6. The number of carbonyl (C=O) groups excluding carboxylic acids is 1. The molecule has 0 spiro atoms. The van der Waals surface area contributed by atoms with Gasteiger partial charge in [-0.2, -0.15) is 0 Å². The van der Waals surface area contributed by atoms with Gasteiger partial charge in [0.05, 0.1) is 12.2 Å². The van der Waals surface area contributed by atoms with Gasteiger partial charge in [-0.05, 0) is 68.3 Å². The van der Waals surface area contributed by atoms with E-state index >= 15 is 0 Å². The molecule has 5 heteroatoms. The van der Waals surface area contributed by atoms with Gasteiger partial charge in [-0.1, -0.05) is 53.2 Å².